The van der Waals surface area contributed by atoms with Gasteiger partial charge in [0.05, 0.1) is 5.56 Å². The topological polar surface area (TPSA) is 17.1 Å². The van der Waals surface area contributed by atoms with Crippen molar-refractivity contribution in [2.75, 3.05) is 0 Å². The molecule has 0 heterocycles. The number of benzene rings is 2. The Bertz CT molecular complexity index is 612. The average molecular weight is 278 g/mol. The van der Waals surface area contributed by atoms with E-state index in [1.165, 1.54) is 12.1 Å². The Kier molecular flexibility index (Phi) is 3.93. The molecule has 0 aliphatic heterocycles. The lowest BCUT2D eigenvalue weighted by Crippen LogP contribution is -2.08. The molecule has 0 spiro atoms. The molecular weight excluding hydrogens is 265 g/mol. The van der Waals surface area contributed by atoms with Crippen molar-refractivity contribution in [3.05, 3.63) is 70.8 Å². The molecule has 0 atom stereocenters. The first kappa shape index (κ1) is 14.3. The van der Waals surface area contributed by atoms with Crippen LogP contribution in [-0.2, 0) is 12.6 Å². The quantitative estimate of drug-likeness (QED) is 0.755. The van der Waals surface area contributed by atoms with Crippen molar-refractivity contribution >= 4 is 5.78 Å². The smallest absolute Gasteiger partial charge is 0.289 e. The number of halogens is 3. The summed E-state index contributed by atoms with van der Waals surface area (Å²) < 4.78 is 37.4. The molecule has 0 fully saturated rings. The van der Waals surface area contributed by atoms with Crippen LogP contribution in [-0.4, -0.2) is 5.78 Å². The molecule has 0 saturated carbocycles. The second-order valence-corrected chi connectivity index (χ2v) is 4.41. The van der Waals surface area contributed by atoms with E-state index in [-0.39, 0.29) is 11.3 Å². The zero-order chi connectivity index (χ0) is 14.8. The summed E-state index contributed by atoms with van der Waals surface area (Å²) >= 11 is 0. The molecule has 2 aromatic rings. The van der Waals surface area contributed by atoms with Gasteiger partial charge in [-0.15, -0.1) is 0 Å². The molecular formula is C16H13F3O. The zero-order valence-electron chi connectivity index (χ0n) is 10.9. The third kappa shape index (κ3) is 2.90. The number of hydrogen-bond donors (Lipinski definition) is 0. The van der Waals surface area contributed by atoms with Gasteiger partial charge in [-0.25, -0.2) is 0 Å². The lowest BCUT2D eigenvalue weighted by molar-refractivity contribution is -0.137. The van der Waals surface area contributed by atoms with Crippen LogP contribution in [0.5, 0.6) is 0 Å². The van der Waals surface area contributed by atoms with Crippen LogP contribution in [0.25, 0.3) is 0 Å². The van der Waals surface area contributed by atoms with Gasteiger partial charge >= 0.3 is 6.18 Å². The minimum Gasteiger partial charge on any atom is -0.289 e. The standard InChI is InChI=1S/C16H13F3O/c1-2-11-5-3-4-6-14(11)15(20)12-7-9-13(10-8-12)16(17,18)19/h3-10H,2H2,1H3. The highest BCUT2D eigenvalue weighted by Gasteiger charge is 2.30. The van der Waals surface area contributed by atoms with Crippen LogP contribution in [0.15, 0.2) is 48.5 Å². The van der Waals surface area contributed by atoms with E-state index in [0.29, 0.717) is 12.0 Å². The van der Waals surface area contributed by atoms with Crippen molar-refractivity contribution in [1.82, 2.24) is 0 Å². The maximum absolute atomic E-state index is 12.5. The predicted octanol–water partition coefficient (Wildman–Crippen LogP) is 4.50. The highest BCUT2D eigenvalue weighted by atomic mass is 19.4. The van der Waals surface area contributed by atoms with E-state index in [2.05, 4.69) is 0 Å². The lowest BCUT2D eigenvalue weighted by Gasteiger charge is -2.09. The molecule has 0 saturated heterocycles. The molecule has 104 valence electrons. The lowest BCUT2D eigenvalue weighted by atomic mass is 9.96. The van der Waals surface area contributed by atoms with Crippen molar-refractivity contribution < 1.29 is 18.0 Å². The summed E-state index contributed by atoms with van der Waals surface area (Å²) in [5.74, 6) is -0.254. The summed E-state index contributed by atoms with van der Waals surface area (Å²) in [6.07, 6.45) is -3.69. The predicted molar refractivity (Wildman–Crippen MR) is 70.7 cm³/mol. The average Bonchev–Trinajstić information content (AvgIpc) is 2.45. The monoisotopic (exact) mass is 278 g/mol. The van der Waals surface area contributed by atoms with E-state index in [9.17, 15) is 18.0 Å². The molecule has 0 bridgehead atoms. The first-order valence-corrected chi connectivity index (χ1v) is 6.23. The fraction of sp³-hybridized carbons (Fsp3) is 0.188. The van der Waals surface area contributed by atoms with Gasteiger partial charge in [0, 0.05) is 11.1 Å². The molecule has 0 amide bonds. The van der Waals surface area contributed by atoms with Gasteiger partial charge in [0.2, 0.25) is 0 Å². The van der Waals surface area contributed by atoms with Crippen molar-refractivity contribution in [2.24, 2.45) is 0 Å². The minimum atomic E-state index is -4.39. The van der Waals surface area contributed by atoms with Crippen LogP contribution >= 0.6 is 0 Å². The molecule has 4 heteroatoms. The summed E-state index contributed by atoms with van der Waals surface area (Å²) in [6.45, 7) is 1.93. The number of aryl methyl sites for hydroxylation is 1. The van der Waals surface area contributed by atoms with E-state index in [0.717, 1.165) is 17.7 Å². The Morgan fingerprint density at radius 1 is 1.00 bits per heavy atom. The second-order valence-electron chi connectivity index (χ2n) is 4.41. The molecule has 0 aliphatic carbocycles. The molecule has 0 aromatic heterocycles. The normalized spacial score (nSPS) is 11.4. The number of carbonyl (C=O) groups is 1. The number of carbonyl (C=O) groups excluding carboxylic acids is 1. The highest BCUT2D eigenvalue weighted by molar-refractivity contribution is 6.09. The van der Waals surface area contributed by atoms with E-state index >= 15 is 0 Å². The SMILES string of the molecule is CCc1ccccc1C(=O)c1ccc(C(F)(F)F)cc1. The van der Waals surface area contributed by atoms with Crippen LogP contribution in [0.3, 0.4) is 0 Å². The van der Waals surface area contributed by atoms with Gasteiger partial charge in [-0.3, -0.25) is 4.79 Å². The Morgan fingerprint density at radius 3 is 2.15 bits per heavy atom. The van der Waals surface area contributed by atoms with Gasteiger partial charge in [0.15, 0.2) is 5.78 Å². The van der Waals surface area contributed by atoms with Gasteiger partial charge in [-0.05, 0) is 24.1 Å². The molecule has 0 aliphatic rings. The van der Waals surface area contributed by atoms with Crippen molar-refractivity contribution in [3.63, 3.8) is 0 Å². The largest absolute Gasteiger partial charge is 0.416 e. The summed E-state index contributed by atoms with van der Waals surface area (Å²) in [6, 6.07) is 11.4. The van der Waals surface area contributed by atoms with Crippen molar-refractivity contribution in [1.29, 1.82) is 0 Å². The fourth-order valence-electron chi connectivity index (χ4n) is 2.02. The van der Waals surface area contributed by atoms with E-state index in [4.69, 9.17) is 0 Å². The molecule has 2 aromatic carbocycles. The minimum absolute atomic E-state index is 0.254. The zero-order valence-corrected chi connectivity index (χ0v) is 10.9. The summed E-state index contributed by atoms with van der Waals surface area (Å²) in [5, 5.41) is 0. The van der Waals surface area contributed by atoms with E-state index in [1.54, 1.807) is 12.1 Å². The number of hydrogen-bond acceptors (Lipinski definition) is 1. The van der Waals surface area contributed by atoms with Crippen LogP contribution in [0.2, 0.25) is 0 Å². The number of rotatable bonds is 3. The second kappa shape index (κ2) is 5.49. The number of alkyl halides is 3. The van der Waals surface area contributed by atoms with Gasteiger partial charge in [0.1, 0.15) is 0 Å². The van der Waals surface area contributed by atoms with E-state index in [1.807, 2.05) is 19.1 Å². The van der Waals surface area contributed by atoms with Gasteiger partial charge in [-0.1, -0.05) is 43.3 Å². The Morgan fingerprint density at radius 2 is 1.60 bits per heavy atom. The van der Waals surface area contributed by atoms with Crippen LogP contribution in [0, 0.1) is 0 Å². The molecule has 0 radical (unpaired) electrons. The van der Waals surface area contributed by atoms with Crippen LogP contribution in [0.4, 0.5) is 13.2 Å². The van der Waals surface area contributed by atoms with E-state index < -0.39 is 11.7 Å². The Labute approximate surface area is 115 Å². The molecule has 0 N–H and O–H groups in total. The summed E-state index contributed by atoms with van der Waals surface area (Å²) in [7, 11) is 0. The molecule has 2 rings (SSSR count). The number of ketones is 1. The summed E-state index contributed by atoms with van der Waals surface area (Å²) in [5.41, 5.74) is 0.934. The maximum Gasteiger partial charge on any atom is 0.416 e. The summed E-state index contributed by atoms with van der Waals surface area (Å²) in [4.78, 5) is 12.3. The van der Waals surface area contributed by atoms with Crippen LogP contribution < -0.4 is 0 Å². The molecule has 20 heavy (non-hydrogen) atoms. The Hall–Kier alpha value is -2.10. The third-order valence-electron chi connectivity index (χ3n) is 3.12. The van der Waals surface area contributed by atoms with Crippen LogP contribution in [0.1, 0.15) is 34.0 Å². The van der Waals surface area contributed by atoms with Crippen molar-refractivity contribution in [3.8, 4) is 0 Å². The third-order valence-corrected chi connectivity index (χ3v) is 3.12. The molecule has 1 nitrogen and oxygen atoms in total. The van der Waals surface area contributed by atoms with Gasteiger partial charge < -0.3 is 0 Å². The Balaban J connectivity index is 2.34. The fourth-order valence-corrected chi connectivity index (χ4v) is 2.02. The van der Waals surface area contributed by atoms with Gasteiger partial charge in [-0.2, -0.15) is 13.2 Å². The van der Waals surface area contributed by atoms with Gasteiger partial charge in [0.25, 0.3) is 0 Å². The van der Waals surface area contributed by atoms with Crippen molar-refractivity contribution in [2.45, 2.75) is 19.5 Å². The highest BCUT2D eigenvalue weighted by Crippen LogP contribution is 2.29. The maximum atomic E-state index is 12.5. The molecule has 0 unspecified atom stereocenters. The first-order valence-electron chi connectivity index (χ1n) is 6.23. The first-order chi connectivity index (χ1) is 9.43.